The molecule has 0 radical (unpaired) electrons. The fraction of sp³-hybridized carbons (Fsp3) is 0.0667. The van der Waals surface area contributed by atoms with E-state index in [1.165, 1.54) is 18.2 Å². The number of rotatable bonds is 1. The van der Waals surface area contributed by atoms with Crippen molar-refractivity contribution in [1.82, 2.24) is 0 Å². The lowest BCUT2D eigenvalue weighted by Crippen LogP contribution is -1.96. The summed E-state index contributed by atoms with van der Waals surface area (Å²) in [6.07, 6.45) is 5.18. The third kappa shape index (κ3) is 2.05. The minimum Gasteiger partial charge on any atom is -0.396 e. The van der Waals surface area contributed by atoms with Crippen molar-refractivity contribution in [1.29, 1.82) is 0 Å². The maximum atomic E-state index is 13.8. The third-order valence-corrected chi connectivity index (χ3v) is 2.78. The van der Waals surface area contributed by atoms with E-state index in [1.807, 2.05) is 0 Å². The molecule has 2 aromatic carbocycles. The maximum Gasteiger partial charge on any atom is 0.146 e. The van der Waals surface area contributed by atoms with Crippen LogP contribution in [0.15, 0.2) is 30.3 Å². The average Bonchev–Trinajstić information content (AvgIpc) is 2.35. The Hall–Kier alpha value is -2.34. The smallest absolute Gasteiger partial charge is 0.146 e. The van der Waals surface area contributed by atoms with Crippen LogP contribution in [0.3, 0.4) is 0 Å². The molecule has 0 bridgehead atoms. The summed E-state index contributed by atoms with van der Waals surface area (Å²) in [5, 5.41) is 0. The van der Waals surface area contributed by atoms with Gasteiger partial charge in [-0.25, -0.2) is 8.78 Å². The molecular weight excluding hydrogens is 232 g/mol. The van der Waals surface area contributed by atoms with Gasteiger partial charge in [0.15, 0.2) is 0 Å². The zero-order valence-electron chi connectivity index (χ0n) is 9.80. The Balaban J connectivity index is 2.60. The molecule has 0 fully saturated rings. The molecule has 0 spiro atoms. The van der Waals surface area contributed by atoms with Crippen molar-refractivity contribution in [3.63, 3.8) is 0 Å². The molecule has 0 amide bonds. The van der Waals surface area contributed by atoms with Crippen molar-refractivity contribution in [2.24, 2.45) is 0 Å². The van der Waals surface area contributed by atoms with Gasteiger partial charge >= 0.3 is 0 Å². The monoisotopic (exact) mass is 243 g/mol. The summed E-state index contributed by atoms with van der Waals surface area (Å²) in [5.41, 5.74) is 7.37. The van der Waals surface area contributed by atoms with Gasteiger partial charge in [-0.05, 0) is 42.3 Å². The van der Waals surface area contributed by atoms with E-state index >= 15 is 0 Å². The number of nitrogen functional groups attached to an aromatic ring is 1. The number of halogens is 2. The minimum atomic E-state index is -0.551. The van der Waals surface area contributed by atoms with Gasteiger partial charge in [-0.3, -0.25) is 0 Å². The molecular formula is C15H11F2N. The van der Waals surface area contributed by atoms with Gasteiger partial charge in [0.25, 0.3) is 0 Å². The van der Waals surface area contributed by atoms with E-state index in [0.29, 0.717) is 22.3 Å². The first kappa shape index (κ1) is 12.1. The highest BCUT2D eigenvalue weighted by Crippen LogP contribution is 2.28. The fourth-order valence-electron chi connectivity index (χ4n) is 1.75. The van der Waals surface area contributed by atoms with Crippen molar-refractivity contribution < 1.29 is 8.78 Å². The summed E-state index contributed by atoms with van der Waals surface area (Å²) in [4.78, 5) is 0. The van der Waals surface area contributed by atoms with Crippen LogP contribution in [0.4, 0.5) is 14.5 Å². The Morgan fingerprint density at radius 1 is 1.11 bits per heavy atom. The molecule has 0 aliphatic heterocycles. The number of terminal acetylenes is 1. The van der Waals surface area contributed by atoms with Gasteiger partial charge in [0.2, 0.25) is 0 Å². The highest BCUT2D eigenvalue weighted by Gasteiger charge is 2.10. The quantitative estimate of drug-likeness (QED) is 0.602. The summed E-state index contributed by atoms with van der Waals surface area (Å²) < 4.78 is 27.4. The van der Waals surface area contributed by atoms with Gasteiger partial charge in [0, 0.05) is 11.1 Å². The van der Waals surface area contributed by atoms with Gasteiger partial charge in [-0.2, -0.15) is 0 Å². The standard InChI is InChI=1S/C15H11F2N/c1-3-10-4-5-12(13(16)7-10)11-6-9(2)15(18)14(17)8-11/h1,4-8H,18H2,2H3. The lowest BCUT2D eigenvalue weighted by Gasteiger charge is -2.08. The van der Waals surface area contributed by atoms with Crippen LogP contribution >= 0.6 is 0 Å². The molecule has 0 unspecified atom stereocenters. The van der Waals surface area contributed by atoms with Gasteiger partial charge < -0.3 is 5.73 Å². The first-order valence-corrected chi connectivity index (χ1v) is 5.35. The Morgan fingerprint density at radius 2 is 1.83 bits per heavy atom. The van der Waals surface area contributed by atoms with Crippen LogP contribution in [-0.4, -0.2) is 0 Å². The van der Waals surface area contributed by atoms with Gasteiger partial charge in [0.1, 0.15) is 11.6 Å². The van der Waals surface area contributed by atoms with Crippen molar-refractivity contribution in [2.75, 3.05) is 5.73 Å². The molecule has 2 N–H and O–H groups in total. The summed E-state index contributed by atoms with van der Waals surface area (Å²) in [6.45, 7) is 1.68. The zero-order valence-corrected chi connectivity index (χ0v) is 9.80. The number of hydrogen-bond donors (Lipinski definition) is 1. The molecule has 2 aromatic rings. The second-order valence-corrected chi connectivity index (χ2v) is 4.03. The molecule has 2 rings (SSSR count). The molecule has 0 saturated carbocycles. The third-order valence-electron chi connectivity index (χ3n) is 2.78. The van der Waals surface area contributed by atoms with E-state index in [4.69, 9.17) is 12.2 Å². The number of hydrogen-bond acceptors (Lipinski definition) is 1. The lowest BCUT2D eigenvalue weighted by atomic mass is 10.0. The van der Waals surface area contributed by atoms with Crippen LogP contribution in [0.5, 0.6) is 0 Å². The van der Waals surface area contributed by atoms with Crippen LogP contribution in [-0.2, 0) is 0 Å². The Labute approximate surface area is 104 Å². The van der Waals surface area contributed by atoms with E-state index in [0.717, 1.165) is 0 Å². The molecule has 0 saturated heterocycles. The number of nitrogens with two attached hydrogens (primary N) is 1. The van der Waals surface area contributed by atoms with Crippen LogP contribution in [0, 0.1) is 30.9 Å². The molecule has 90 valence electrons. The molecule has 18 heavy (non-hydrogen) atoms. The average molecular weight is 243 g/mol. The molecule has 3 heteroatoms. The fourth-order valence-corrected chi connectivity index (χ4v) is 1.75. The van der Waals surface area contributed by atoms with Gasteiger partial charge in [0.05, 0.1) is 5.69 Å². The van der Waals surface area contributed by atoms with Crippen LogP contribution < -0.4 is 5.73 Å². The molecule has 0 heterocycles. The topological polar surface area (TPSA) is 26.0 Å². The molecule has 0 atom stereocenters. The maximum absolute atomic E-state index is 13.8. The van der Waals surface area contributed by atoms with E-state index < -0.39 is 11.6 Å². The largest absolute Gasteiger partial charge is 0.396 e. The highest BCUT2D eigenvalue weighted by atomic mass is 19.1. The zero-order chi connectivity index (χ0) is 13.3. The van der Waals surface area contributed by atoms with Gasteiger partial charge in [-0.15, -0.1) is 6.42 Å². The van der Waals surface area contributed by atoms with Crippen molar-refractivity contribution in [2.45, 2.75) is 6.92 Å². The second kappa shape index (κ2) is 4.50. The predicted molar refractivity (Wildman–Crippen MR) is 68.9 cm³/mol. The summed E-state index contributed by atoms with van der Waals surface area (Å²) in [7, 11) is 0. The minimum absolute atomic E-state index is 0.0828. The molecule has 1 nitrogen and oxygen atoms in total. The Morgan fingerprint density at radius 3 is 2.39 bits per heavy atom. The number of aryl methyl sites for hydroxylation is 1. The van der Waals surface area contributed by atoms with Crippen molar-refractivity contribution in [3.05, 3.63) is 53.1 Å². The highest BCUT2D eigenvalue weighted by molar-refractivity contribution is 5.69. The Kier molecular flexibility index (Phi) is 3.03. The lowest BCUT2D eigenvalue weighted by molar-refractivity contribution is 0.626. The van der Waals surface area contributed by atoms with Crippen molar-refractivity contribution >= 4 is 5.69 Å². The first-order chi connectivity index (χ1) is 8.52. The predicted octanol–water partition coefficient (Wildman–Crippen LogP) is 3.50. The normalized spacial score (nSPS) is 10.1. The summed E-state index contributed by atoms with van der Waals surface area (Å²) >= 11 is 0. The first-order valence-electron chi connectivity index (χ1n) is 5.35. The van der Waals surface area contributed by atoms with Crippen LogP contribution in [0.2, 0.25) is 0 Å². The molecule has 0 aromatic heterocycles. The van der Waals surface area contributed by atoms with Crippen LogP contribution in [0.25, 0.3) is 11.1 Å². The number of benzene rings is 2. The number of anilines is 1. The second-order valence-electron chi connectivity index (χ2n) is 4.03. The Bertz CT molecular complexity index is 631. The van der Waals surface area contributed by atoms with Crippen LogP contribution in [0.1, 0.15) is 11.1 Å². The van der Waals surface area contributed by atoms with E-state index in [-0.39, 0.29) is 5.69 Å². The van der Waals surface area contributed by atoms with E-state index in [2.05, 4.69) is 5.92 Å². The van der Waals surface area contributed by atoms with E-state index in [9.17, 15) is 8.78 Å². The van der Waals surface area contributed by atoms with Gasteiger partial charge in [-0.1, -0.05) is 12.0 Å². The SMILES string of the molecule is C#Cc1ccc(-c2cc(C)c(N)c(F)c2)c(F)c1. The molecule has 0 aliphatic carbocycles. The van der Waals surface area contributed by atoms with Crippen molar-refractivity contribution in [3.8, 4) is 23.5 Å². The molecule has 0 aliphatic rings. The van der Waals surface area contributed by atoms with E-state index in [1.54, 1.807) is 19.1 Å². The summed E-state index contributed by atoms with van der Waals surface area (Å²) in [6, 6.07) is 7.26. The summed E-state index contributed by atoms with van der Waals surface area (Å²) in [5.74, 6) is 1.32.